The van der Waals surface area contributed by atoms with Crippen LogP contribution in [0.4, 0.5) is 37.2 Å². The van der Waals surface area contributed by atoms with Gasteiger partial charge in [0.1, 0.15) is 31.3 Å². The minimum atomic E-state index is -1.46. The SMILES string of the molecule is Br.CC(C)(C)S(=O)N=C(CCC1CC1)c1cccc(C#N)c1.CC(C)(C)S(=O)NC(CCC1CC1)(c1cccc(C#N)c1)c1ccc(F)c(N)c1.CC(C)(C)[S@](N)=O.CC(C)O.CC(C)O.CC(C)O.CCC[CH2][SnH]([CH2]CCC)[CH2]CCC.CN(c1c[c-]ccc1F)[Si](C)(C)C.O=CC1CC1.[C-]#[N+]c1cccc(C(=O)/C=C/C2CC2)c1.[C-]#[N+]c1cccc(C(=O)CCC2CC2)c1.[C-]#[N+]c1cccc(C(C)=O)c1.[CH2-]C(C)C.[H-].[K+].[Mg+2].[OH-].[Ti]. The zero-order valence-electron chi connectivity index (χ0n) is 95.9. The van der Waals surface area contributed by atoms with Crippen LogP contribution in [0.1, 0.15) is 347 Å². The van der Waals surface area contributed by atoms with Gasteiger partial charge in [-0.1, -0.05) is 163 Å². The number of nitrogens with zero attached hydrogens (tertiary/aromatic N) is 7. The Hall–Kier alpha value is -5.64. The van der Waals surface area contributed by atoms with Gasteiger partial charge < -0.3 is 44.2 Å². The molecule has 0 aliphatic heterocycles. The van der Waals surface area contributed by atoms with E-state index in [1.807, 2.05) is 116 Å². The number of aliphatic hydroxyl groups excluding tert-OH is 3. The van der Waals surface area contributed by atoms with Crippen LogP contribution in [0, 0.1) is 103 Å². The van der Waals surface area contributed by atoms with Crippen LogP contribution in [-0.2, 0) is 65.0 Å². The Bertz CT molecular complexity index is 5330. The maximum atomic E-state index is 13.9. The number of allylic oxidation sites excluding steroid dienone is 2. The van der Waals surface area contributed by atoms with Crippen molar-refractivity contribution in [2.75, 3.05) is 17.3 Å². The molecule has 9 N–H and O–H groups in total. The Morgan fingerprint density at radius 1 is 0.607 bits per heavy atom. The van der Waals surface area contributed by atoms with Crippen LogP contribution < -0.4 is 71.5 Å². The van der Waals surface area contributed by atoms with Gasteiger partial charge in [-0.15, -0.1) is 23.0 Å². The van der Waals surface area contributed by atoms with Gasteiger partial charge in [-0.25, -0.2) is 40.7 Å². The van der Waals surface area contributed by atoms with E-state index in [-0.39, 0.29) is 177 Å². The number of nitrogen functional groups attached to an aromatic ring is 1. The Morgan fingerprint density at radius 3 is 1.37 bits per heavy atom. The fraction of sp³-hybridized carbons (Fsp3) is 0.534. The summed E-state index contributed by atoms with van der Waals surface area (Å²) in [4.78, 5) is 53.6. The van der Waals surface area contributed by atoms with Gasteiger partial charge in [0.05, 0.1) is 96.1 Å². The number of nitrogens with one attached hydrogen (secondary N) is 1. The smallest absolute Gasteiger partial charge is 1.00 e. The van der Waals surface area contributed by atoms with Crippen LogP contribution in [0.2, 0.25) is 33.0 Å². The van der Waals surface area contributed by atoms with Crippen molar-refractivity contribution in [3.8, 4) is 12.1 Å². The van der Waals surface area contributed by atoms with Gasteiger partial charge in [0.15, 0.2) is 34.4 Å². The third-order valence-electron chi connectivity index (χ3n) is 22.0. The molecule has 150 heavy (non-hydrogen) atoms. The molecule has 5 fully saturated rings. The number of hydrogen-bond acceptors (Lipinski definition) is 15. The molecule has 5 aliphatic carbocycles. The van der Waals surface area contributed by atoms with E-state index in [9.17, 15) is 45.8 Å². The predicted octanol–water partition coefficient (Wildman–Crippen LogP) is 26.5. The van der Waals surface area contributed by atoms with Gasteiger partial charge in [0, 0.05) is 74.9 Å². The van der Waals surface area contributed by atoms with Crippen molar-refractivity contribution < 1.29 is 136 Å². The number of ketones is 3. The number of nitrogens with two attached hydrogens (primary N) is 2. The van der Waals surface area contributed by atoms with Gasteiger partial charge in [-0.2, -0.15) is 39.0 Å². The molecule has 21 nitrogen and oxygen atoms in total. The van der Waals surface area contributed by atoms with Crippen molar-refractivity contribution in [1.29, 1.82) is 10.5 Å². The van der Waals surface area contributed by atoms with Crippen molar-refractivity contribution in [1.82, 2.24) is 4.72 Å². The standard InChI is InChI=1S/C23H28FN3OS.C17H22N2OS.C13H13NO.C13H11NO.C10H15FNSi.C9H7NO.C4H11NOS.C4H6O.4C4H9.3C3H8O.BrH.K.Mg.H2O.Sn.Ti.2H/c1-22(2,3)29(28)27-23(12-11-16-7-8-16,18-6-4-5-17(13-18)15-25)19-9-10-20(24)21(26)14-19;1-17(2,3)21(20)19-16(10-9-13-7-8-13)15-6-4-5-14(11-15)12-18;2*1-14-12-4-2-3-11(9-12)13(15)8-7-10-5-6-10;1-12(13(2,3)4)10-8-6-5-7-9(10)11;1-7(11)8-4-3-5-9(6-8)10-2;1-4(2,3)7(5)6;5-3-4-1-2-4;1-4(2)3;3*1-3-4-2;3*1-3(2)4;;;;;;;;/h4-6,9-10,13-14,16,27H,7-8,11-12,26H2,1-3H3;4-6,11,13H,7-10H2,1-3H3;2-4,9-10H,5-8H2;2-4,7-10H,5-6H2;5,7-8H,1-4H3;3-6H,1H3;5H2,1-3H3;3-4H,1-2H2;4H,1H2,2-3H3;3*1,3-4H2,2H3;3*3-4H,1-2H3;1H;;;1H2;;;;/q;;;;-1;;;;-1;;;;;;;;+1;+2;;;;;-1/p-1/b;;;8-7+;;;;;;;;;;;;;;;;;;;/t;;;;;;7-;;;;;;;;;;;;;;;;/m......1................/s1. The number of anilines is 2. The van der Waals surface area contributed by atoms with Crippen molar-refractivity contribution in [3.63, 3.8) is 0 Å². The Kier molecular flexibility index (Phi) is 87.4. The second kappa shape index (κ2) is 84.6. The first-order valence-electron chi connectivity index (χ1n) is 51.3. The zero-order valence-corrected chi connectivity index (χ0v) is 109. The topological polar surface area (TPSA) is 351 Å². The molecular weight excluding hydrogens is 2210 g/mol. The second-order valence-electron chi connectivity index (χ2n) is 42.3. The van der Waals surface area contributed by atoms with E-state index in [1.165, 1.54) is 109 Å². The molecule has 0 saturated heterocycles. The average molecular weight is 2380 g/mol. The molecule has 0 heterocycles. The van der Waals surface area contributed by atoms with Gasteiger partial charge in [-0.3, -0.25) is 19.5 Å². The molecular formula is C118H177BrF2KMgN10O11S3SiSnTi-. The fourth-order valence-electron chi connectivity index (χ4n) is 12.4. The summed E-state index contributed by atoms with van der Waals surface area (Å²) in [5, 5.41) is 47.7. The number of unbranched alkanes of at least 4 members (excludes halogenated alkanes) is 3. The van der Waals surface area contributed by atoms with Crippen LogP contribution in [0.3, 0.4) is 0 Å². The number of rotatable bonds is 32. The maximum absolute atomic E-state index is 13.9. The number of hydrogen-bond donors (Lipinski definition) is 6. The summed E-state index contributed by atoms with van der Waals surface area (Å²) >= 11 is -0.967. The van der Waals surface area contributed by atoms with Gasteiger partial charge >= 0.3 is 167 Å². The summed E-state index contributed by atoms with van der Waals surface area (Å²) in [6.45, 7) is 70.6. The van der Waals surface area contributed by atoms with Gasteiger partial charge in [0.2, 0.25) is 0 Å². The zero-order chi connectivity index (χ0) is 110. The minimum absolute atomic E-state index is 0. The van der Waals surface area contributed by atoms with E-state index < -0.39 is 77.1 Å². The molecule has 0 bridgehead atoms. The fourth-order valence-corrected chi connectivity index (χ4v) is 25.8. The molecule has 0 radical (unpaired) electrons. The van der Waals surface area contributed by atoms with Crippen molar-refractivity contribution >= 4 is 159 Å². The van der Waals surface area contributed by atoms with E-state index in [0.29, 0.717) is 87.1 Å². The number of halogens is 3. The van der Waals surface area contributed by atoms with Gasteiger partial charge in [0.25, 0.3) is 0 Å². The summed E-state index contributed by atoms with van der Waals surface area (Å²) in [7, 11) is -3.36. The first-order valence-corrected chi connectivity index (χ1v) is 65.2. The van der Waals surface area contributed by atoms with Crippen molar-refractivity contribution in [2.45, 2.75) is 358 Å². The third-order valence-corrected chi connectivity index (χ3v) is 39.0. The van der Waals surface area contributed by atoms with Crippen LogP contribution in [-0.4, -0.2) is 153 Å². The molecule has 5 aliphatic rings. The Morgan fingerprint density at radius 2 is 1.00 bits per heavy atom. The monoisotopic (exact) mass is 2380 g/mol. The van der Waals surface area contributed by atoms with Crippen LogP contribution in [0.5, 0.6) is 0 Å². The van der Waals surface area contributed by atoms with Crippen LogP contribution >= 0.6 is 17.0 Å². The number of carbonyl (C=O) groups is 4. The quantitative estimate of drug-likeness (QED) is 0.00434. The summed E-state index contributed by atoms with van der Waals surface area (Å²) in [5.41, 5.74) is 13.8. The molecule has 0 aromatic heterocycles. The summed E-state index contributed by atoms with van der Waals surface area (Å²) in [6, 6.07) is 51.9. The number of carbonyl (C=O) groups excluding carboxylic acids is 4. The van der Waals surface area contributed by atoms with E-state index in [4.69, 9.17) is 51.2 Å². The third kappa shape index (κ3) is 76.1. The van der Waals surface area contributed by atoms with Gasteiger partial charge in [-0.05, 0) is 282 Å². The number of benzene rings is 7. The Balaban J connectivity index is -0.000000310. The maximum Gasteiger partial charge on any atom is 2.00 e. The number of aldehydes is 1. The number of aliphatic hydroxyl groups is 3. The van der Waals surface area contributed by atoms with Crippen molar-refractivity contribution in [3.05, 3.63) is 273 Å². The minimum Gasteiger partial charge on any atom is -1.00 e. The summed E-state index contributed by atoms with van der Waals surface area (Å²) < 4.78 is 77.0. The molecule has 32 heteroatoms. The van der Waals surface area contributed by atoms with E-state index in [2.05, 4.69) is 103 Å². The van der Waals surface area contributed by atoms with Crippen molar-refractivity contribution in [2.24, 2.45) is 45.0 Å². The van der Waals surface area contributed by atoms with E-state index in [0.717, 1.165) is 79.0 Å². The number of nitriles is 2. The molecule has 3 unspecified atom stereocenters. The predicted molar refractivity (Wildman–Crippen MR) is 629 cm³/mol. The second-order valence-corrected chi connectivity index (χ2v) is 62.9. The molecule has 0 spiro atoms. The van der Waals surface area contributed by atoms with E-state index >= 15 is 0 Å². The van der Waals surface area contributed by atoms with E-state index in [1.54, 1.807) is 170 Å². The molecule has 820 valence electrons. The Labute approximate surface area is 1000 Å². The first kappa shape index (κ1) is 155. The molecule has 5 saturated carbocycles. The normalized spacial score (nSPS) is 13.8. The average Bonchev–Trinajstić information content (AvgIpc) is 0.982. The number of Topliss-reactive ketones (excluding diaryl/α,β-unsaturated/α-hetero) is 2. The molecule has 7 aromatic carbocycles. The largest absolute Gasteiger partial charge is 2.00 e. The molecule has 12 rings (SSSR count). The molecule has 0 amide bonds. The molecule has 4 atom stereocenters. The van der Waals surface area contributed by atoms with Crippen LogP contribution in [0.15, 0.2) is 174 Å². The molecule has 7 aromatic rings. The summed E-state index contributed by atoms with van der Waals surface area (Å²) in [6.07, 6.45) is 30.4. The summed E-state index contributed by atoms with van der Waals surface area (Å²) in [5.74, 6) is 3.41. The van der Waals surface area contributed by atoms with Crippen LogP contribution in [0.25, 0.3) is 14.5 Å². The first-order chi connectivity index (χ1) is 67.9.